The van der Waals surface area contributed by atoms with Gasteiger partial charge in [0.05, 0.1) is 7.11 Å². The lowest BCUT2D eigenvalue weighted by Gasteiger charge is -2.15. The Bertz CT molecular complexity index is 576. The predicted octanol–water partition coefficient (Wildman–Crippen LogP) is 3.68. The number of benzene rings is 2. The molecule has 0 amide bonds. The molecular weight excluding hydrogens is 264 g/mol. The lowest BCUT2D eigenvalue weighted by atomic mass is 10.1. The largest absolute Gasteiger partial charge is 0.493 e. The molecule has 0 aromatic heterocycles. The van der Waals surface area contributed by atoms with Gasteiger partial charge in [-0.05, 0) is 36.6 Å². The van der Waals surface area contributed by atoms with Gasteiger partial charge in [0.2, 0.25) is 0 Å². The van der Waals surface area contributed by atoms with Gasteiger partial charge in [0, 0.05) is 0 Å². The fraction of sp³-hybridized carbons (Fsp3) is 0.333. The Morgan fingerprint density at radius 3 is 2.38 bits per heavy atom. The minimum absolute atomic E-state index is 0.199. The van der Waals surface area contributed by atoms with Crippen molar-refractivity contribution in [2.24, 2.45) is 0 Å². The summed E-state index contributed by atoms with van der Waals surface area (Å²) < 4.78 is 11.0. The summed E-state index contributed by atoms with van der Waals surface area (Å²) in [5, 5.41) is 10.2. The van der Waals surface area contributed by atoms with Crippen molar-refractivity contribution in [1.29, 1.82) is 0 Å². The molecule has 0 bridgehead atoms. The zero-order valence-corrected chi connectivity index (χ0v) is 12.8. The molecule has 0 aliphatic carbocycles. The van der Waals surface area contributed by atoms with Crippen LogP contribution < -0.4 is 9.47 Å². The highest BCUT2D eigenvalue weighted by Crippen LogP contribution is 2.29. The zero-order valence-electron chi connectivity index (χ0n) is 12.8. The molecule has 0 saturated heterocycles. The first kappa shape index (κ1) is 15.4. The van der Waals surface area contributed by atoms with Crippen molar-refractivity contribution in [3.05, 3.63) is 59.2 Å². The van der Waals surface area contributed by atoms with Crippen LogP contribution in [0.1, 0.15) is 29.7 Å². The molecule has 21 heavy (non-hydrogen) atoms. The maximum absolute atomic E-state index is 10.2. The van der Waals surface area contributed by atoms with E-state index in [0.717, 1.165) is 12.0 Å². The van der Waals surface area contributed by atoms with Gasteiger partial charge in [0.15, 0.2) is 11.5 Å². The summed E-state index contributed by atoms with van der Waals surface area (Å²) in [7, 11) is 1.62. The quantitative estimate of drug-likeness (QED) is 0.880. The third-order valence-corrected chi connectivity index (χ3v) is 3.50. The lowest BCUT2D eigenvalue weighted by molar-refractivity contribution is 0.106. The first-order valence-corrected chi connectivity index (χ1v) is 7.18. The third kappa shape index (κ3) is 3.99. The van der Waals surface area contributed by atoms with Crippen LogP contribution in [0, 0.1) is 6.92 Å². The number of ether oxygens (including phenoxy) is 2. The van der Waals surface area contributed by atoms with Gasteiger partial charge in [-0.15, -0.1) is 0 Å². The minimum atomic E-state index is -0.652. The Morgan fingerprint density at radius 1 is 1.05 bits per heavy atom. The number of aryl methyl sites for hydroxylation is 2. The smallest absolute Gasteiger partial charge is 0.161 e. The van der Waals surface area contributed by atoms with E-state index in [1.807, 2.05) is 49.4 Å². The molecule has 0 radical (unpaired) electrons. The van der Waals surface area contributed by atoms with Gasteiger partial charge in [0.1, 0.15) is 12.7 Å². The number of hydrogen-bond donors (Lipinski definition) is 1. The van der Waals surface area contributed by atoms with Gasteiger partial charge >= 0.3 is 0 Å². The Balaban J connectivity index is 2.03. The SMILES string of the molecule is CCc1ccc(OCC(O)c2ccc(C)cc2)c(OC)c1. The first-order valence-electron chi connectivity index (χ1n) is 7.18. The van der Waals surface area contributed by atoms with Crippen molar-refractivity contribution >= 4 is 0 Å². The van der Waals surface area contributed by atoms with E-state index in [4.69, 9.17) is 9.47 Å². The van der Waals surface area contributed by atoms with Gasteiger partial charge in [-0.3, -0.25) is 0 Å². The van der Waals surface area contributed by atoms with E-state index in [2.05, 4.69) is 6.92 Å². The van der Waals surface area contributed by atoms with E-state index in [9.17, 15) is 5.11 Å². The second-order valence-electron chi connectivity index (χ2n) is 5.08. The monoisotopic (exact) mass is 286 g/mol. The fourth-order valence-electron chi connectivity index (χ4n) is 2.10. The Hall–Kier alpha value is -2.00. The average molecular weight is 286 g/mol. The van der Waals surface area contributed by atoms with E-state index in [-0.39, 0.29) is 6.61 Å². The summed E-state index contributed by atoms with van der Waals surface area (Å²) in [5.41, 5.74) is 3.21. The third-order valence-electron chi connectivity index (χ3n) is 3.50. The molecular formula is C18H22O3. The second kappa shape index (κ2) is 7.14. The van der Waals surface area contributed by atoms with Gasteiger partial charge in [0.25, 0.3) is 0 Å². The van der Waals surface area contributed by atoms with E-state index >= 15 is 0 Å². The summed E-state index contributed by atoms with van der Waals surface area (Å²) in [6, 6.07) is 13.7. The maximum Gasteiger partial charge on any atom is 0.161 e. The number of rotatable bonds is 6. The molecule has 0 fully saturated rings. The average Bonchev–Trinajstić information content (AvgIpc) is 2.53. The number of methoxy groups -OCH3 is 1. The second-order valence-corrected chi connectivity index (χ2v) is 5.08. The Morgan fingerprint density at radius 2 is 1.76 bits per heavy atom. The summed E-state index contributed by atoms with van der Waals surface area (Å²) in [4.78, 5) is 0. The number of hydrogen-bond acceptors (Lipinski definition) is 3. The molecule has 1 unspecified atom stereocenters. The normalized spacial score (nSPS) is 12.0. The topological polar surface area (TPSA) is 38.7 Å². The van der Waals surface area contributed by atoms with Gasteiger partial charge in [-0.2, -0.15) is 0 Å². The maximum atomic E-state index is 10.2. The van der Waals surface area contributed by atoms with Gasteiger partial charge in [-0.25, -0.2) is 0 Å². The molecule has 0 spiro atoms. The van der Waals surface area contributed by atoms with Crippen molar-refractivity contribution in [3.63, 3.8) is 0 Å². The van der Waals surface area contributed by atoms with Crippen LogP contribution in [0.25, 0.3) is 0 Å². The van der Waals surface area contributed by atoms with Crippen LogP contribution in [0.4, 0.5) is 0 Å². The number of aliphatic hydroxyl groups excluding tert-OH is 1. The fourth-order valence-corrected chi connectivity index (χ4v) is 2.10. The van der Waals surface area contributed by atoms with Crippen molar-refractivity contribution in [2.75, 3.05) is 13.7 Å². The highest BCUT2D eigenvalue weighted by atomic mass is 16.5. The van der Waals surface area contributed by atoms with Crippen LogP contribution >= 0.6 is 0 Å². The summed E-state index contributed by atoms with van der Waals surface area (Å²) in [6.07, 6.45) is 0.295. The standard InChI is InChI=1S/C18H22O3/c1-4-14-7-10-17(18(11-14)20-3)21-12-16(19)15-8-5-13(2)6-9-15/h5-11,16,19H,4,12H2,1-3H3. The van der Waals surface area contributed by atoms with Crippen LogP contribution in [-0.4, -0.2) is 18.8 Å². The molecule has 2 aromatic carbocycles. The van der Waals surface area contributed by atoms with E-state index in [1.54, 1.807) is 7.11 Å². The van der Waals surface area contributed by atoms with Crippen LogP contribution in [0.3, 0.4) is 0 Å². The van der Waals surface area contributed by atoms with Crippen LogP contribution in [0.5, 0.6) is 11.5 Å². The molecule has 0 aliphatic rings. The molecule has 2 rings (SSSR count). The van der Waals surface area contributed by atoms with Crippen LogP contribution in [-0.2, 0) is 6.42 Å². The first-order chi connectivity index (χ1) is 10.1. The molecule has 0 aliphatic heterocycles. The molecule has 3 heteroatoms. The highest BCUT2D eigenvalue weighted by molar-refractivity contribution is 5.43. The summed E-state index contributed by atoms with van der Waals surface area (Å²) in [5.74, 6) is 1.35. The van der Waals surface area contributed by atoms with Crippen molar-refractivity contribution in [1.82, 2.24) is 0 Å². The number of aliphatic hydroxyl groups is 1. The van der Waals surface area contributed by atoms with Crippen molar-refractivity contribution < 1.29 is 14.6 Å². The molecule has 3 nitrogen and oxygen atoms in total. The summed E-state index contributed by atoms with van der Waals surface area (Å²) >= 11 is 0. The van der Waals surface area contributed by atoms with E-state index < -0.39 is 6.10 Å². The molecule has 1 atom stereocenters. The van der Waals surface area contributed by atoms with Crippen molar-refractivity contribution in [3.8, 4) is 11.5 Å². The molecule has 2 aromatic rings. The predicted molar refractivity (Wildman–Crippen MR) is 84.0 cm³/mol. The Kier molecular flexibility index (Phi) is 5.23. The van der Waals surface area contributed by atoms with Crippen LogP contribution in [0.2, 0.25) is 0 Å². The summed E-state index contributed by atoms with van der Waals surface area (Å²) in [6.45, 7) is 4.31. The molecule has 0 heterocycles. The van der Waals surface area contributed by atoms with Crippen LogP contribution in [0.15, 0.2) is 42.5 Å². The molecule has 1 N–H and O–H groups in total. The van der Waals surface area contributed by atoms with Crippen molar-refractivity contribution in [2.45, 2.75) is 26.4 Å². The minimum Gasteiger partial charge on any atom is -0.493 e. The highest BCUT2D eigenvalue weighted by Gasteiger charge is 2.11. The molecule has 0 saturated carbocycles. The van der Waals surface area contributed by atoms with E-state index in [1.165, 1.54) is 11.1 Å². The lowest BCUT2D eigenvalue weighted by Crippen LogP contribution is -2.10. The van der Waals surface area contributed by atoms with E-state index in [0.29, 0.717) is 11.5 Å². The zero-order chi connectivity index (χ0) is 15.2. The van der Waals surface area contributed by atoms with Gasteiger partial charge in [-0.1, -0.05) is 42.8 Å². The Labute approximate surface area is 126 Å². The molecule has 112 valence electrons. The van der Waals surface area contributed by atoms with Gasteiger partial charge < -0.3 is 14.6 Å².